The third kappa shape index (κ3) is 5.74. The minimum absolute atomic E-state index is 0.0264. The average molecular weight is 425 g/mol. The van der Waals surface area contributed by atoms with Crippen LogP contribution in [0.1, 0.15) is 6.42 Å². The molecular formula is C23H27N3O5. The Kier molecular flexibility index (Phi) is 7.01. The third-order valence-corrected chi connectivity index (χ3v) is 5.27. The topological polar surface area (TPSA) is 80.3 Å². The third-order valence-electron chi connectivity index (χ3n) is 5.27. The monoisotopic (exact) mass is 425 g/mol. The van der Waals surface area contributed by atoms with Gasteiger partial charge in [0.2, 0.25) is 5.91 Å². The largest absolute Gasteiger partial charge is 0.493 e. The van der Waals surface area contributed by atoms with Gasteiger partial charge in [-0.2, -0.15) is 0 Å². The van der Waals surface area contributed by atoms with Crippen molar-refractivity contribution in [1.29, 1.82) is 0 Å². The van der Waals surface area contributed by atoms with Crippen LogP contribution in [0.3, 0.4) is 0 Å². The van der Waals surface area contributed by atoms with Gasteiger partial charge in [0.25, 0.3) is 5.91 Å². The molecular weight excluding hydrogens is 398 g/mol. The molecule has 0 radical (unpaired) electrons. The Morgan fingerprint density at radius 2 is 1.87 bits per heavy atom. The first-order chi connectivity index (χ1) is 15.2. The first kappa shape index (κ1) is 21.1. The van der Waals surface area contributed by atoms with Crippen molar-refractivity contribution in [1.82, 2.24) is 4.90 Å². The van der Waals surface area contributed by atoms with Gasteiger partial charge in [-0.05, 0) is 30.3 Å². The van der Waals surface area contributed by atoms with Crippen LogP contribution in [0.15, 0.2) is 48.5 Å². The Labute approximate surface area is 181 Å². The molecule has 2 aliphatic heterocycles. The smallest absolute Gasteiger partial charge is 0.265 e. The Hall–Kier alpha value is -3.10. The molecule has 8 nitrogen and oxygen atoms in total. The van der Waals surface area contributed by atoms with E-state index in [0.717, 1.165) is 38.6 Å². The molecule has 2 heterocycles. The second kappa shape index (κ2) is 10.3. The fourth-order valence-electron chi connectivity index (χ4n) is 3.59. The number of morpholine rings is 1. The van der Waals surface area contributed by atoms with Crippen LogP contribution < -0.4 is 19.7 Å². The van der Waals surface area contributed by atoms with Gasteiger partial charge in [-0.3, -0.25) is 14.5 Å². The first-order valence-electron chi connectivity index (χ1n) is 10.5. The van der Waals surface area contributed by atoms with Crippen LogP contribution in [0.5, 0.6) is 11.5 Å². The van der Waals surface area contributed by atoms with E-state index in [-0.39, 0.29) is 31.4 Å². The van der Waals surface area contributed by atoms with Gasteiger partial charge in [-0.1, -0.05) is 18.2 Å². The van der Waals surface area contributed by atoms with Crippen LogP contribution >= 0.6 is 0 Å². The molecule has 8 heteroatoms. The zero-order valence-corrected chi connectivity index (χ0v) is 17.4. The summed E-state index contributed by atoms with van der Waals surface area (Å²) in [5.41, 5.74) is 1.31. The van der Waals surface area contributed by atoms with Crippen molar-refractivity contribution >= 4 is 23.2 Å². The molecule has 0 spiro atoms. The summed E-state index contributed by atoms with van der Waals surface area (Å²) in [5.74, 6) is 1.14. The number of amides is 2. The van der Waals surface area contributed by atoms with Crippen molar-refractivity contribution in [3.05, 3.63) is 48.5 Å². The number of hydrogen-bond donors (Lipinski definition) is 1. The standard InChI is InChI=1S/C23H27N3O5/c27-22(8-13-30-19-4-2-1-3-5-19)24-18-6-7-21-20(16-18)26(23(28)17-31-21)10-9-25-11-14-29-15-12-25/h1-7,16H,8-15,17H2,(H,24,27). The number of benzene rings is 2. The molecule has 2 aromatic rings. The highest BCUT2D eigenvalue weighted by Crippen LogP contribution is 2.34. The molecule has 31 heavy (non-hydrogen) atoms. The zero-order chi connectivity index (χ0) is 21.5. The van der Waals surface area contributed by atoms with E-state index in [4.69, 9.17) is 14.2 Å². The lowest BCUT2D eigenvalue weighted by Crippen LogP contribution is -2.45. The van der Waals surface area contributed by atoms with Crippen LogP contribution in [0, 0.1) is 0 Å². The summed E-state index contributed by atoms with van der Waals surface area (Å²) in [4.78, 5) is 28.8. The molecule has 0 saturated carbocycles. The zero-order valence-electron chi connectivity index (χ0n) is 17.4. The number of anilines is 2. The molecule has 0 aliphatic carbocycles. The molecule has 1 fully saturated rings. The van der Waals surface area contributed by atoms with Crippen LogP contribution in [-0.4, -0.2) is 69.3 Å². The number of rotatable bonds is 8. The predicted octanol–water partition coefficient (Wildman–Crippen LogP) is 2.15. The van der Waals surface area contributed by atoms with Crippen molar-refractivity contribution in [3.8, 4) is 11.5 Å². The van der Waals surface area contributed by atoms with E-state index in [2.05, 4.69) is 10.2 Å². The lowest BCUT2D eigenvalue weighted by Gasteiger charge is -2.33. The van der Waals surface area contributed by atoms with Gasteiger partial charge in [-0.25, -0.2) is 0 Å². The van der Waals surface area contributed by atoms with Crippen LogP contribution in [0.2, 0.25) is 0 Å². The SMILES string of the molecule is O=C(CCOc1ccccc1)Nc1ccc2c(c1)N(CCN1CCOCC1)C(=O)CO2. The van der Waals surface area contributed by atoms with Crippen molar-refractivity contribution in [2.75, 3.05) is 62.8 Å². The molecule has 0 bridgehead atoms. The van der Waals surface area contributed by atoms with Gasteiger partial charge >= 0.3 is 0 Å². The Morgan fingerprint density at radius 3 is 2.68 bits per heavy atom. The maximum Gasteiger partial charge on any atom is 0.265 e. The Balaban J connectivity index is 1.34. The number of nitrogens with one attached hydrogen (secondary N) is 1. The number of fused-ring (bicyclic) bond motifs is 1. The van der Waals surface area contributed by atoms with Crippen molar-refractivity contribution < 1.29 is 23.8 Å². The molecule has 1 N–H and O–H groups in total. The fourth-order valence-corrected chi connectivity index (χ4v) is 3.59. The molecule has 0 atom stereocenters. The Morgan fingerprint density at radius 1 is 1.06 bits per heavy atom. The fraction of sp³-hybridized carbons (Fsp3) is 0.391. The van der Waals surface area contributed by atoms with Crippen molar-refractivity contribution in [3.63, 3.8) is 0 Å². The summed E-state index contributed by atoms with van der Waals surface area (Å²) >= 11 is 0. The van der Waals surface area contributed by atoms with E-state index in [1.54, 1.807) is 23.1 Å². The summed E-state index contributed by atoms with van der Waals surface area (Å²) in [5, 5.41) is 2.88. The second-order valence-corrected chi connectivity index (χ2v) is 7.43. The summed E-state index contributed by atoms with van der Waals surface area (Å²) in [7, 11) is 0. The van der Waals surface area contributed by atoms with E-state index < -0.39 is 0 Å². The molecule has 0 aromatic heterocycles. The highest BCUT2D eigenvalue weighted by molar-refractivity contribution is 5.99. The van der Waals surface area contributed by atoms with Gasteiger partial charge < -0.3 is 24.4 Å². The van der Waals surface area contributed by atoms with E-state index >= 15 is 0 Å². The molecule has 4 rings (SSSR count). The molecule has 2 aliphatic rings. The average Bonchev–Trinajstić information content (AvgIpc) is 2.80. The van der Waals surface area contributed by atoms with E-state index in [1.807, 2.05) is 30.3 Å². The molecule has 2 amide bonds. The maximum atomic E-state index is 12.5. The number of hydrogen-bond acceptors (Lipinski definition) is 6. The van der Waals surface area contributed by atoms with Crippen molar-refractivity contribution in [2.45, 2.75) is 6.42 Å². The molecule has 0 unspecified atom stereocenters. The highest BCUT2D eigenvalue weighted by Gasteiger charge is 2.26. The highest BCUT2D eigenvalue weighted by atomic mass is 16.5. The van der Waals surface area contributed by atoms with Gasteiger partial charge in [0.15, 0.2) is 6.61 Å². The van der Waals surface area contributed by atoms with E-state index in [9.17, 15) is 9.59 Å². The van der Waals surface area contributed by atoms with E-state index in [1.165, 1.54) is 0 Å². The minimum atomic E-state index is -0.154. The minimum Gasteiger partial charge on any atom is -0.493 e. The number of para-hydroxylation sites is 1. The number of ether oxygens (including phenoxy) is 3. The quantitative estimate of drug-likeness (QED) is 0.698. The number of carbonyl (C=O) groups is 2. The van der Waals surface area contributed by atoms with Gasteiger partial charge in [0.05, 0.1) is 31.9 Å². The number of nitrogens with zero attached hydrogens (tertiary/aromatic N) is 2. The molecule has 1 saturated heterocycles. The van der Waals surface area contributed by atoms with Crippen LogP contribution in [0.25, 0.3) is 0 Å². The first-order valence-corrected chi connectivity index (χ1v) is 10.5. The maximum absolute atomic E-state index is 12.5. The molecule has 164 valence electrons. The molecule has 2 aromatic carbocycles. The lowest BCUT2D eigenvalue weighted by atomic mass is 10.2. The van der Waals surface area contributed by atoms with Gasteiger partial charge in [-0.15, -0.1) is 0 Å². The van der Waals surface area contributed by atoms with Crippen LogP contribution in [0.4, 0.5) is 11.4 Å². The summed E-state index contributed by atoms with van der Waals surface area (Å²) in [6.45, 7) is 4.82. The summed E-state index contributed by atoms with van der Waals surface area (Å²) in [6, 6.07) is 14.8. The normalized spacial score (nSPS) is 16.4. The summed E-state index contributed by atoms with van der Waals surface area (Å²) in [6.07, 6.45) is 0.224. The summed E-state index contributed by atoms with van der Waals surface area (Å²) < 4.78 is 16.5. The van der Waals surface area contributed by atoms with E-state index in [0.29, 0.717) is 23.7 Å². The lowest BCUT2D eigenvalue weighted by molar-refractivity contribution is -0.121. The Bertz CT molecular complexity index is 899. The van der Waals surface area contributed by atoms with Gasteiger partial charge in [0, 0.05) is 31.9 Å². The number of carbonyl (C=O) groups excluding carboxylic acids is 2. The van der Waals surface area contributed by atoms with Crippen molar-refractivity contribution in [2.24, 2.45) is 0 Å². The predicted molar refractivity (Wildman–Crippen MR) is 117 cm³/mol. The van der Waals surface area contributed by atoms with Crippen LogP contribution in [-0.2, 0) is 14.3 Å². The van der Waals surface area contributed by atoms with Gasteiger partial charge in [0.1, 0.15) is 11.5 Å². The second-order valence-electron chi connectivity index (χ2n) is 7.43.